The molecule has 0 unspecified atom stereocenters. The smallest absolute Gasteiger partial charge is 0.255 e. The number of hydrogen-bond acceptors (Lipinski definition) is 4. The van der Waals surface area contributed by atoms with Crippen LogP contribution in [0.1, 0.15) is 29.4 Å². The number of anilines is 1. The van der Waals surface area contributed by atoms with Crippen molar-refractivity contribution in [2.24, 2.45) is 0 Å². The van der Waals surface area contributed by atoms with Crippen molar-refractivity contribution in [2.45, 2.75) is 26.8 Å². The lowest BCUT2D eigenvalue weighted by molar-refractivity contribution is 0.102. The van der Waals surface area contributed by atoms with Crippen molar-refractivity contribution in [3.05, 3.63) is 54.0 Å². The molecule has 0 spiro atoms. The molecule has 1 aromatic carbocycles. The summed E-state index contributed by atoms with van der Waals surface area (Å²) < 4.78 is 16.5. The number of aromatic nitrogens is 5. The van der Waals surface area contributed by atoms with Crippen molar-refractivity contribution in [1.82, 2.24) is 24.5 Å². The summed E-state index contributed by atoms with van der Waals surface area (Å²) in [4.78, 5) is 12.5. The third-order valence-electron chi connectivity index (χ3n) is 3.63. The Morgan fingerprint density at radius 2 is 1.88 bits per heavy atom. The Labute approximate surface area is 138 Å². The maximum atomic E-state index is 13.0. The van der Waals surface area contributed by atoms with Gasteiger partial charge in [0.25, 0.3) is 5.91 Å². The summed E-state index contributed by atoms with van der Waals surface area (Å²) in [6, 6.07) is 5.38. The quantitative estimate of drug-likeness (QED) is 0.781. The minimum absolute atomic E-state index is 0.330. The van der Waals surface area contributed by atoms with Crippen LogP contribution < -0.4 is 5.32 Å². The van der Waals surface area contributed by atoms with Gasteiger partial charge in [0, 0.05) is 12.1 Å². The molecule has 1 N–H and O–H groups in total. The third kappa shape index (κ3) is 3.03. The van der Waals surface area contributed by atoms with E-state index >= 15 is 0 Å². The Bertz CT molecular complexity index is 838. The van der Waals surface area contributed by atoms with Gasteiger partial charge in [0.1, 0.15) is 24.2 Å². The molecule has 0 bridgehead atoms. The number of halogens is 1. The van der Waals surface area contributed by atoms with E-state index in [-0.39, 0.29) is 11.7 Å². The van der Waals surface area contributed by atoms with Crippen LogP contribution in [-0.4, -0.2) is 30.5 Å². The Hall–Kier alpha value is -3.03. The molecular formula is C16H17FN6O. The highest BCUT2D eigenvalue weighted by Crippen LogP contribution is 2.24. The fraction of sp³-hybridized carbons (Fsp3) is 0.250. The molecule has 0 aliphatic heterocycles. The van der Waals surface area contributed by atoms with Gasteiger partial charge in [0.15, 0.2) is 5.82 Å². The van der Waals surface area contributed by atoms with E-state index < -0.39 is 0 Å². The van der Waals surface area contributed by atoms with E-state index in [2.05, 4.69) is 27.5 Å². The number of rotatable bonds is 5. The van der Waals surface area contributed by atoms with Crippen LogP contribution in [0.5, 0.6) is 0 Å². The number of amides is 1. The van der Waals surface area contributed by atoms with E-state index in [0.717, 1.165) is 18.7 Å². The lowest BCUT2D eigenvalue weighted by atomic mass is 10.2. The van der Waals surface area contributed by atoms with Crippen molar-refractivity contribution in [1.29, 1.82) is 0 Å². The molecule has 1 amide bonds. The lowest BCUT2D eigenvalue weighted by Gasteiger charge is -2.07. The van der Waals surface area contributed by atoms with Crippen LogP contribution in [0.25, 0.3) is 5.82 Å². The standard InChI is InChI=1S/C16H17FN6O/c1-3-8-23-11(2)14(15(21-23)22-9-18-19-10-22)20-16(24)12-4-6-13(17)7-5-12/h4-7,9-10H,3,8H2,1-2H3,(H,20,24). The van der Waals surface area contributed by atoms with Crippen LogP contribution in [0.2, 0.25) is 0 Å². The third-order valence-corrected chi connectivity index (χ3v) is 3.63. The monoisotopic (exact) mass is 328 g/mol. The molecule has 0 saturated heterocycles. The van der Waals surface area contributed by atoms with Crippen LogP contribution in [-0.2, 0) is 6.54 Å². The minimum atomic E-state index is -0.385. The predicted octanol–water partition coefficient (Wildman–Crippen LogP) is 2.57. The highest BCUT2D eigenvalue weighted by atomic mass is 19.1. The van der Waals surface area contributed by atoms with Crippen molar-refractivity contribution in [3.8, 4) is 5.82 Å². The summed E-state index contributed by atoms with van der Waals surface area (Å²) in [5.41, 5.74) is 1.78. The first-order valence-corrected chi connectivity index (χ1v) is 7.59. The highest BCUT2D eigenvalue weighted by molar-refractivity contribution is 6.05. The van der Waals surface area contributed by atoms with E-state index in [1.165, 1.54) is 36.9 Å². The number of hydrogen-bond donors (Lipinski definition) is 1. The molecule has 3 rings (SSSR count). The summed E-state index contributed by atoms with van der Waals surface area (Å²) in [6.45, 7) is 4.67. The molecule has 124 valence electrons. The zero-order valence-electron chi connectivity index (χ0n) is 13.4. The largest absolute Gasteiger partial charge is 0.317 e. The molecule has 0 radical (unpaired) electrons. The first-order valence-electron chi connectivity index (χ1n) is 7.59. The van der Waals surface area contributed by atoms with Crippen LogP contribution in [0.15, 0.2) is 36.9 Å². The maximum Gasteiger partial charge on any atom is 0.255 e. The van der Waals surface area contributed by atoms with Gasteiger partial charge >= 0.3 is 0 Å². The van der Waals surface area contributed by atoms with Gasteiger partial charge in [0.2, 0.25) is 0 Å². The second-order valence-corrected chi connectivity index (χ2v) is 5.34. The zero-order chi connectivity index (χ0) is 17.1. The van der Waals surface area contributed by atoms with Crippen molar-refractivity contribution in [2.75, 3.05) is 5.32 Å². The molecule has 2 heterocycles. The maximum absolute atomic E-state index is 13.0. The van der Waals surface area contributed by atoms with Gasteiger partial charge in [-0.15, -0.1) is 10.2 Å². The first-order chi connectivity index (χ1) is 11.6. The van der Waals surface area contributed by atoms with Gasteiger partial charge in [0.05, 0.1) is 5.69 Å². The Morgan fingerprint density at radius 3 is 2.50 bits per heavy atom. The molecule has 0 saturated carbocycles. The average molecular weight is 328 g/mol. The molecule has 0 aliphatic rings. The number of nitrogens with zero attached hydrogens (tertiary/aromatic N) is 5. The first kappa shape index (κ1) is 15.9. The van der Waals surface area contributed by atoms with Gasteiger partial charge < -0.3 is 5.32 Å². The molecule has 2 aromatic heterocycles. The molecule has 7 nitrogen and oxygen atoms in total. The predicted molar refractivity (Wildman–Crippen MR) is 86.5 cm³/mol. The Balaban J connectivity index is 1.96. The lowest BCUT2D eigenvalue weighted by Crippen LogP contribution is -2.14. The van der Waals surface area contributed by atoms with Crippen LogP contribution in [0, 0.1) is 12.7 Å². The number of nitrogens with one attached hydrogen (secondary N) is 1. The van der Waals surface area contributed by atoms with Gasteiger partial charge in [-0.2, -0.15) is 5.10 Å². The second-order valence-electron chi connectivity index (χ2n) is 5.34. The highest BCUT2D eigenvalue weighted by Gasteiger charge is 2.19. The Morgan fingerprint density at radius 1 is 1.21 bits per heavy atom. The second kappa shape index (κ2) is 6.61. The molecule has 8 heteroatoms. The average Bonchev–Trinajstić information content (AvgIpc) is 3.19. The van der Waals surface area contributed by atoms with Crippen LogP contribution >= 0.6 is 0 Å². The van der Waals surface area contributed by atoms with E-state index in [4.69, 9.17) is 0 Å². The summed E-state index contributed by atoms with van der Waals surface area (Å²) >= 11 is 0. The summed E-state index contributed by atoms with van der Waals surface area (Å²) in [7, 11) is 0. The SMILES string of the molecule is CCCn1nc(-n2cnnc2)c(NC(=O)c2ccc(F)cc2)c1C. The number of carbonyl (C=O) groups is 1. The van der Waals surface area contributed by atoms with Gasteiger partial charge in [-0.05, 0) is 37.6 Å². The van der Waals surface area contributed by atoms with Gasteiger partial charge in [-0.1, -0.05) is 6.92 Å². The molecular weight excluding hydrogens is 311 g/mol. The number of benzene rings is 1. The molecule has 0 fully saturated rings. The normalized spacial score (nSPS) is 10.8. The number of aryl methyl sites for hydroxylation is 1. The van der Waals surface area contributed by atoms with E-state index in [1.54, 1.807) is 4.57 Å². The summed E-state index contributed by atoms with van der Waals surface area (Å²) in [5.74, 6) is -0.173. The van der Waals surface area contributed by atoms with Crippen LogP contribution in [0.3, 0.4) is 0 Å². The van der Waals surface area contributed by atoms with E-state index in [9.17, 15) is 9.18 Å². The molecule has 0 aliphatic carbocycles. The molecule has 0 atom stereocenters. The molecule has 3 aromatic rings. The van der Waals surface area contributed by atoms with E-state index in [0.29, 0.717) is 17.1 Å². The summed E-state index contributed by atoms with van der Waals surface area (Å²) in [5, 5.41) is 15.0. The van der Waals surface area contributed by atoms with Gasteiger partial charge in [-0.25, -0.2) is 4.39 Å². The van der Waals surface area contributed by atoms with Crippen molar-refractivity contribution in [3.63, 3.8) is 0 Å². The Kier molecular flexibility index (Phi) is 4.37. The molecule has 24 heavy (non-hydrogen) atoms. The van der Waals surface area contributed by atoms with Gasteiger partial charge in [-0.3, -0.25) is 14.0 Å². The zero-order valence-corrected chi connectivity index (χ0v) is 13.4. The van der Waals surface area contributed by atoms with Crippen LogP contribution in [0.4, 0.5) is 10.1 Å². The topological polar surface area (TPSA) is 77.6 Å². The minimum Gasteiger partial charge on any atom is -0.317 e. The van der Waals surface area contributed by atoms with Crippen molar-refractivity contribution >= 4 is 11.6 Å². The fourth-order valence-electron chi connectivity index (χ4n) is 2.38. The van der Waals surface area contributed by atoms with Crippen molar-refractivity contribution < 1.29 is 9.18 Å². The van der Waals surface area contributed by atoms with E-state index in [1.807, 2.05) is 11.6 Å². The number of carbonyl (C=O) groups excluding carboxylic acids is 1. The summed E-state index contributed by atoms with van der Waals surface area (Å²) in [6.07, 6.45) is 3.95. The fourth-order valence-corrected chi connectivity index (χ4v) is 2.38.